The van der Waals surface area contributed by atoms with Crippen molar-refractivity contribution >= 4 is 5.91 Å². The first-order chi connectivity index (χ1) is 9.86. The number of amides is 1. The number of aliphatic hydroxyl groups is 1. The van der Waals surface area contributed by atoms with Gasteiger partial charge in [-0.1, -0.05) is 26.0 Å². The third kappa shape index (κ3) is 10.6. The second kappa shape index (κ2) is 10.9. The standard InChI is InChI=1S/C12H17NO4.C3H9N/c1-9(14)7-16-10-5-3-4-6-11(10)17-8-12(15)13-2;1-3(2)4/h3-6,9,14H,7-8H2,1-2H3,(H,13,15);3H,4H2,1-2H3. The highest BCUT2D eigenvalue weighted by Gasteiger charge is 2.07. The van der Waals surface area contributed by atoms with Gasteiger partial charge in [-0.15, -0.1) is 0 Å². The lowest BCUT2D eigenvalue weighted by molar-refractivity contribution is -0.122. The van der Waals surface area contributed by atoms with E-state index in [-0.39, 0.29) is 19.1 Å². The van der Waals surface area contributed by atoms with Gasteiger partial charge in [-0.25, -0.2) is 0 Å². The average Bonchev–Trinajstić information content (AvgIpc) is 2.42. The van der Waals surface area contributed by atoms with Gasteiger partial charge in [0.25, 0.3) is 5.91 Å². The zero-order chi connectivity index (χ0) is 16.3. The van der Waals surface area contributed by atoms with Gasteiger partial charge in [-0.05, 0) is 25.1 Å². The van der Waals surface area contributed by atoms with E-state index in [0.29, 0.717) is 17.5 Å². The number of rotatable bonds is 6. The number of ether oxygens (including phenoxy) is 2. The Balaban J connectivity index is 0.000000885. The van der Waals surface area contributed by atoms with E-state index >= 15 is 0 Å². The van der Waals surface area contributed by atoms with Gasteiger partial charge >= 0.3 is 0 Å². The van der Waals surface area contributed by atoms with Gasteiger partial charge in [0.2, 0.25) is 0 Å². The number of nitrogens with two attached hydrogens (primary N) is 1. The summed E-state index contributed by atoms with van der Waals surface area (Å²) in [5, 5.41) is 11.6. The van der Waals surface area contributed by atoms with Crippen LogP contribution in [0.2, 0.25) is 0 Å². The van der Waals surface area contributed by atoms with Crippen molar-refractivity contribution in [2.75, 3.05) is 20.3 Å². The normalized spacial score (nSPS) is 11.2. The molecule has 0 heterocycles. The fourth-order valence-corrected chi connectivity index (χ4v) is 1.11. The summed E-state index contributed by atoms with van der Waals surface area (Å²) in [5.74, 6) is 0.782. The molecule has 0 saturated carbocycles. The quantitative estimate of drug-likeness (QED) is 0.726. The summed E-state index contributed by atoms with van der Waals surface area (Å²) < 4.78 is 10.7. The lowest BCUT2D eigenvalue weighted by Crippen LogP contribution is -2.25. The van der Waals surface area contributed by atoms with Crippen LogP contribution in [0.4, 0.5) is 0 Å². The van der Waals surface area contributed by atoms with E-state index in [1.165, 1.54) is 0 Å². The highest BCUT2D eigenvalue weighted by molar-refractivity contribution is 5.77. The highest BCUT2D eigenvalue weighted by Crippen LogP contribution is 2.26. The fourth-order valence-electron chi connectivity index (χ4n) is 1.11. The first kappa shape index (κ1) is 19.2. The molecule has 1 rings (SSSR count). The molecule has 1 atom stereocenters. The second-order valence-corrected chi connectivity index (χ2v) is 4.81. The summed E-state index contributed by atoms with van der Waals surface area (Å²) in [6, 6.07) is 7.35. The van der Waals surface area contributed by atoms with Crippen molar-refractivity contribution in [3.05, 3.63) is 24.3 Å². The molecule has 1 unspecified atom stereocenters. The van der Waals surface area contributed by atoms with Crippen LogP contribution < -0.4 is 20.5 Å². The van der Waals surface area contributed by atoms with Crippen molar-refractivity contribution in [3.8, 4) is 11.5 Å². The van der Waals surface area contributed by atoms with Gasteiger partial charge < -0.3 is 25.6 Å². The van der Waals surface area contributed by atoms with E-state index in [2.05, 4.69) is 5.32 Å². The largest absolute Gasteiger partial charge is 0.487 e. The molecule has 6 nitrogen and oxygen atoms in total. The Hall–Kier alpha value is -1.79. The van der Waals surface area contributed by atoms with E-state index in [0.717, 1.165) is 0 Å². The van der Waals surface area contributed by atoms with Gasteiger partial charge in [0.15, 0.2) is 18.1 Å². The molecule has 120 valence electrons. The van der Waals surface area contributed by atoms with Crippen molar-refractivity contribution in [1.82, 2.24) is 5.32 Å². The molecule has 6 heteroatoms. The monoisotopic (exact) mass is 298 g/mol. The number of aliphatic hydroxyl groups excluding tert-OH is 1. The fraction of sp³-hybridized carbons (Fsp3) is 0.533. The van der Waals surface area contributed by atoms with Crippen LogP contribution >= 0.6 is 0 Å². The predicted octanol–water partition coefficient (Wildman–Crippen LogP) is 0.924. The van der Waals surface area contributed by atoms with Crippen molar-refractivity contribution in [3.63, 3.8) is 0 Å². The molecule has 1 amide bonds. The number of hydrogen-bond donors (Lipinski definition) is 3. The summed E-state index contributed by atoms with van der Waals surface area (Å²) in [6.07, 6.45) is -0.554. The van der Waals surface area contributed by atoms with Crippen molar-refractivity contribution in [2.24, 2.45) is 5.73 Å². The molecule has 1 aromatic carbocycles. The van der Waals surface area contributed by atoms with Crippen LogP contribution in [0.5, 0.6) is 11.5 Å². The first-order valence-electron chi connectivity index (χ1n) is 6.85. The Kier molecular flexibility index (Phi) is 10.0. The zero-order valence-electron chi connectivity index (χ0n) is 13.1. The number of hydrogen-bond acceptors (Lipinski definition) is 5. The van der Waals surface area contributed by atoms with Crippen LogP contribution in [-0.2, 0) is 4.79 Å². The predicted molar refractivity (Wildman–Crippen MR) is 82.5 cm³/mol. The van der Waals surface area contributed by atoms with E-state index in [4.69, 9.17) is 20.3 Å². The van der Waals surface area contributed by atoms with Gasteiger partial charge in [-0.2, -0.15) is 0 Å². The third-order valence-electron chi connectivity index (χ3n) is 1.97. The molecule has 0 fully saturated rings. The Morgan fingerprint density at radius 1 is 1.24 bits per heavy atom. The molecule has 0 aliphatic rings. The number of para-hydroxylation sites is 2. The number of carbonyl (C=O) groups excluding carboxylic acids is 1. The zero-order valence-corrected chi connectivity index (χ0v) is 13.1. The van der Waals surface area contributed by atoms with Gasteiger partial charge in [0, 0.05) is 7.05 Å². The maximum atomic E-state index is 11.0. The molecule has 0 saturated heterocycles. The minimum Gasteiger partial charge on any atom is -0.487 e. The Labute approximate surface area is 126 Å². The second-order valence-electron chi connectivity index (χ2n) is 4.81. The molecule has 0 aliphatic carbocycles. The first-order valence-corrected chi connectivity index (χ1v) is 6.85. The van der Waals surface area contributed by atoms with Crippen LogP contribution in [0.3, 0.4) is 0 Å². The Morgan fingerprint density at radius 3 is 2.14 bits per heavy atom. The Bertz CT molecular complexity index is 406. The van der Waals surface area contributed by atoms with E-state index < -0.39 is 6.10 Å². The number of benzene rings is 1. The van der Waals surface area contributed by atoms with E-state index in [1.807, 2.05) is 13.8 Å². The van der Waals surface area contributed by atoms with Crippen molar-refractivity contribution < 1.29 is 19.4 Å². The molecule has 21 heavy (non-hydrogen) atoms. The van der Waals surface area contributed by atoms with Gasteiger partial charge in [0.1, 0.15) is 6.61 Å². The third-order valence-corrected chi connectivity index (χ3v) is 1.97. The molecule has 0 aliphatic heterocycles. The molecule has 0 aromatic heterocycles. The summed E-state index contributed by atoms with van der Waals surface area (Å²) in [6.45, 7) is 5.64. The van der Waals surface area contributed by atoms with E-state index in [1.54, 1.807) is 38.2 Å². The topological polar surface area (TPSA) is 93.8 Å². The van der Waals surface area contributed by atoms with Crippen LogP contribution in [0.1, 0.15) is 20.8 Å². The minimum absolute atomic E-state index is 0.0639. The molecule has 4 N–H and O–H groups in total. The SMILES string of the molecule is CC(C)N.CNC(=O)COc1ccccc1OCC(C)O. The minimum atomic E-state index is -0.554. The smallest absolute Gasteiger partial charge is 0.257 e. The van der Waals surface area contributed by atoms with Crippen molar-refractivity contribution in [1.29, 1.82) is 0 Å². The van der Waals surface area contributed by atoms with Crippen LogP contribution in [0.25, 0.3) is 0 Å². The van der Waals surface area contributed by atoms with Crippen LogP contribution in [0, 0.1) is 0 Å². The van der Waals surface area contributed by atoms with Crippen LogP contribution in [0.15, 0.2) is 24.3 Å². The molecule has 0 spiro atoms. The van der Waals surface area contributed by atoms with Crippen LogP contribution in [-0.4, -0.2) is 43.4 Å². The lowest BCUT2D eigenvalue weighted by Gasteiger charge is -2.13. The maximum Gasteiger partial charge on any atom is 0.257 e. The summed E-state index contributed by atoms with van der Waals surface area (Å²) >= 11 is 0. The maximum absolute atomic E-state index is 11.0. The molecule has 1 aromatic rings. The van der Waals surface area contributed by atoms with Crippen molar-refractivity contribution in [2.45, 2.75) is 32.9 Å². The molecule has 0 radical (unpaired) electrons. The molecular weight excluding hydrogens is 272 g/mol. The number of carbonyl (C=O) groups is 1. The molecular formula is C15H26N2O4. The summed E-state index contributed by atoms with van der Waals surface area (Å²) in [7, 11) is 1.54. The number of nitrogens with one attached hydrogen (secondary N) is 1. The average molecular weight is 298 g/mol. The van der Waals surface area contributed by atoms with Gasteiger partial charge in [0.05, 0.1) is 6.10 Å². The summed E-state index contributed by atoms with van der Waals surface area (Å²) in [4.78, 5) is 11.0. The van der Waals surface area contributed by atoms with E-state index in [9.17, 15) is 4.79 Å². The number of likely N-dealkylation sites (N-methyl/N-ethyl adjacent to an activating group) is 1. The lowest BCUT2D eigenvalue weighted by atomic mass is 10.3. The van der Waals surface area contributed by atoms with Gasteiger partial charge in [-0.3, -0.25) is 4.79 Å². The molecule has 0 bridgehead atoms. The highest BCUT2D eigenvalue weighted by atomic mass is 16.5. The Morgan fingerprint density at radius 2 is 1.71 bits per heavy atom. The summed E-state index contributed by atoms with van der Waals surface area (Å²) in [5.41, 5.74) is 5.11.